The summed E-state index contributed by atoms with van der Waals surface area (Å²) in [6, 6.07) is 15.0. The number of hydrogen-bond acceptors (Lipinski definition) is 6. The fraction of sp³-hybridized carbons (Fsp3) is 0.280. The quantitative estimate of drug-likeness (QED) is 0.188. The number of nitrogens with zero attached hydrogens (tertiary/aromatic N) is 2. The van der Waals surface area contributed by atoms with E-state index in [0.717, 1.165) is 22.9 Å². The number of halogens is 3. The number of aryl methyl sites for hydroxylation is 2. The average molecular weight is 490 g/mol. The van der Waals surface area contributed by atoms with Crippen molar-refractivity contribution in [2.24, 2.45) is 11.7 Å². The van der Waals surface area contributed by atoms with Crippen LogP contribution in [0.1, 0.15) is 36.2 Å². The standard InChI is InChI=1S/C24H26F3N3O.CH4N2O/c1-4-16-8-6-11-22(30(3)28)19(16)15-31-23-13-12-17(14-20(23)24(25,26)27)21-10-7-9-18(5-2)29-21;2-3-1-4/h6-14H,4-5,15,28H2,1-3H3;1H,2H2,(H,3,4). The SMILES string of the molecule is CCc1cccc(-c2ccc(OCc3c(CC)cccc3N(C)N)c(C(F)(F)F)c2)n1.NNC=O. The van der Waals surface area contributed by atoms with Crippen molar-refractivity contribution in [1.82, 2.24) is 10.4 Å². The zero-order chi connectivity index (χ0) is 26.0. The first-order chi connectivity index (χ1) is 16.7. The van der Waals surface area contributed by atoms with Gasteiger partial charge in [-0.05, 0) is 54.8 Å². The van der Waals surface area contributed by atoms with Crippen LogP contribution in [0.15, 0.2) is 54.6 Å². The highest BCUT2D eigenvalue weighted by molar-refractivity contribution is 5.63. The normalized spacial score (nSPS) is 10.7. The maximum absolute atomic E-state index is 13.8. The molecule has 0 aliphatic carbocycles. The molecule has 10 heteroatoms. The van der Waals surface area contributed by atoms with Gasteiger partial charge in [-0.3, -0.25) is 15.2 Å². The molecular weight excluding hydrogens is 459 g/mol. The molecule has 3 rings (SSSR count). The summed E-state index contributed by atoms with van der Waals surface area (Å²) in [6.07, 6.45) is -2.74. The van der Waals surface area contributed by atoms with Crippen molar-refractivity contribution in [1.29, 1.82) is 0 Å². The zero-order valence-electron chi connectivity index (χ0n) is 19.9. The number of hydrazine groups is 2. The third-order valence-corrected chi connectivity index (χ3v) is 5.20. The van der Waals surface area contributed by atoms with Gasteiger partial charge in [-0.25, -0.2) is 11.7 Å². The fourth-order valence-corrected chi connectivity index (χ4v) is 3.47. The zero-order valence-corrected chi connectivity index (χ0v) is 19.9. The predicted molar refractivity (Wildman–Crippen MR) is 130 cm³/mol. The Morgan fingerprint density at radius 3 is 2.34 bits per heavy atom. The van der Waals surface area contributed by atoms with Crippen molar-refractivity contribution < 1.29 is 22.7 Å². The fourth-order valence-electron chi connectivity index (χ4n) is 3.47. The minimum Gasteiger partial charge on any atom is -0.488 e. The van der Waals surface area contributed by atoms with Crippen LogP contribution >= 0.6 is 0 Å². The van der Waals surface area contributed by atoms with Crippen LogP contribution in [0.25, 0.3) is 11.3 Å². The van der Waals surface area contributed by atoms with Crippen molar-refractivity contribution in [2.45, 2.75) is 39.5 Å². The molecular formula is C25H30F3N5O2. The summed E-state index contributed by atoms with van der Waals surface area (Å²) in [5, 5.41) is 1.44. The van der Waals surface area contributed by atoms with Gasteiger partial charge in [-0.2, -0.15) is 13.2 Å². The van der Waals surface area contributed by atoms with E-state index in [9.17, 15) is 13.2 Å². The van der Waals surface area contributed by atoms with E-state index < -0.39 is 11.7 Å². The number of carbonyl (C=O) groups excluding carboxylic acids is 1. The van der Waals surface area contributed by atoms with Gasteiger partial charge >= 0.3 is 6.18 Å². The molecule has 0 spiro atoms. The Balaban J connectivity index is 0.00000100. The van der Waals surface area contributed by atoms with Gasteiger partial charge in [0.25, 0.3) is 0 Å². The number of alkyl halides is 3. The molecule has 35 heavy (non-hydrogen) atoms. The molecule has 0 bridgehead atoms. The van der Waals surface area contributed by atoms with E-state index in [0.29, 0.717) is 36.2 Å². The van der Waals surface area contributed by atoms with E-state index in [1.54, 1.807) is 30.7 Å². The molecule has 7 nitrogen and oxygen atoms in total. The molecule has 0 aliphatic rings. The maximum Gasteiger partial charge on any atom is 0.419 e. The van der Waals surface area contributed by atoms with Crippen LogP contribution < -0.4 is 26.9 Å². The van der Waals surface area contributed by atoms with Crippen LogP contribution in [-0.2, 0) is 30.4 Å². The van der Waals surface area contributed by atoms with Gasteiger partial charge in [0, 0.05) is 23.9 Å². The maximum atomic E-state index is 13.8. The van der Waals surface area contributed by atoms with Crippen molar-refractivity contribution in [3.8, 4) is 17.0 Å². The predicted octanol–water partition coefficient (Wildman–Crippen LogP) is 4.39. The minimum absolute atomic E-state index is 0.0209. The molecule has 0 unspecified atom stereocenters. The molecule has 0 aliphatic heterocycles. The Morgan fingerprint density at radius 1 is 1.09 bits per heavy atom. The molecule has 3 aromatic rings. The second-order valence-corrected chi connectivity index (χ2v) is 7.53. The summed E-state index contributed by atoms with van der Waals surface area (Å²) in [6.45, 7) is 3.91. The molecule has 1 heterocycles. The summed E-state index contributed by atoms with van der Waals surface area (Å²) in [4.78, 5) is 13.4. The van der Waals surface area contributed by atoms with Gasteiger partial charge < -0.3 is 9.75 Å². The van der Waals surface area contributed by atoms with E-state index in [1.807, 2.05) is 38.1 Å². The summed E-state index contributed by atoms with van der Waals surface area (Å²) in [5.74, 6) is 10.1. The van der Waals surface area contributed by atoms with Crippen molar-refractivity contribution in [3.63, 3.8) is 0 Å². The summed E-state index contributed by atoms with van der Waals surface area (Å²) < 4.78 is 47.2. The lowest BCUT2D eigenvalue weighted by molar-refractivity contribution is -0.139. The van der Waals surface area contributed by atoms with E-state index >= 15 is 0 Å². The second kappa shape index (κ2) is 12.7. The van der Waals surface area contributed by atoms with Gasteiger partial charge in [-0.15, -0.1) is 0 Å². The first-order valence-corrected chi connectivity index (χ1v) is 10.9. The Hall–Kier alpha value is -3.63. The monoisotopic (exact) mass is 489 g/mol. The molecule has 1 aromatic heterocycles. The molecule has 2 aromatic carbocycles. The number of amides is 1. The molecule has 5 N–H and O–H groups in total. The van der Waals surface area contributed by atoms with Crippen LogP contribution in [0.4, 0.5) is 18.9 Å². The first kappa shape index (κ1) is 27.6. The van der Waals surface area contributed by atoms with Gasteiger partial charge in [0.05, 0.1) is 16.9 Å². The lowest BCUT2D eigenvalue weighted by Crippen LogP contribution is -2.27. The van der Waals surface area contributed by atoms with E-state index in [4.69, 9.17) is 15.4 Å². The Labute approximate surface area is 202 Å². The molecule has 0 saturated carbocycles. The molecule has 1 amide bonds. The highest BCUT2D eigenvalue weighted by Crippen LogP contribution is 2.39. The van der Waals surface area contributed by atoms with Crippen molar-refractivity contribution >= 4 is 12.1 Å². The van der Waals surface area contributed by atoms with Gasteiger partial charge in [-0.1, -0.05) is 32.0 Å². The molecule has 0 atom stereocenters. The Morgan fingerprint density at radius 2 is 1.77 bits per heavy atom. The first-order valence-electron chi connectivity index (χ1n) is 10.9. The number of hydrogen-bond donors (Lipinski definition) is 3. The molecule has 0 saturated heterocycles. The van der Waals surface area contributed by atoms with Crippen molar-refractivity contribution in [2.75, 3.05) is 12.1 Å². The van der Waals surface area contributed by atoms with Crippen LogP contribution in [0.5, 0.6) is 5.75 Å². The van der Waals surface area contributed by atoms with Crippen LogP contribution in [0.2, 0.25) is 0 Å². The summed E-state index contributed by atoms with van der Waals surface area (Å²) in [5.41, 5.74) is 5.09. The Bertz CT molecular complexity index is 1120. The second-order valence-electron chi connectivity index (χ2n) is 7.53. The third-order valence-electron chi connectivity index (χ3n) is 5.20. The summed E-state index contributed by atoms with van der Waals surface area (Å²) >= 11 is 0. The smallest absolute Gasteiger partial charge is 0.419 e. The number of anilines is 1. The topological polar surface area (TPSA) is 106 Å². The minimum atomic E-state index is -4.56. The van der Waals surface area contributed by atoms with E-state index in [2.05, 4.69) is 10.8 Å². The van der Waals surface area contributed by atoms with Crippen LogP contribution in [0, 0.1) is 0 Å². The highest BCUT2D eigenvalue weighted by Gasteiger charge is 2.35. The van der Waals surface area contributed by atoms with Gasteiger partial charge in [0.2, 0.25) is 6.41 Å². The van der Waals surface area contributed by atoms with Gasteiger partial charge in [0.1, 0.15) is 12.4 Å². The number of nitrogens with one attached hydrogen (secondary N) is 1. The molecule has 0 radical (unpaired) electrons. The number of pyridine rings is 1. The van der Waals surface area contributed by atoms with Crippen LogP contribution in [-0.4, -0.2) is 18.4 Å². The van der Waals surface area contributed by atoms with E-state index in [-0.39, 0.29) is 12.4 Å². The largest absolute Gasteiger partial charge is 0.488 e. The molecule has 0 fully saturated rings. The number of ether oxygens (including phenoxy) is 1. The average Bonchev–Trinajstić information content (AvgIpc) is 2.86. The van der Waals surface area contributed by atoms with Crippen LogP contribution in [0.3, 0.4) is 0 Å². The highest BCUT2D eigenvalue weighted by atomic mass is 19.4. The number of aromatic nitrogens is 1. The van der Waals surface area contributed by atoms with Gasteiger partial charge in [0.15, 0.2) is 0 Å². The third kappa shape index (κ3) is 7.43. The number of benzene rings is 2. The lowest BCUT2D eigenvalue weighted by atomic mass is 10.0. The molecule has 188 valence electrons. The lowest BCUT2D eigenvalue weighted by Gasteiger charge is -2.21. The number of carbonyl (C=O) groups is 1. The Kier molecular flexibility index (Phi) is 10.0. The van der Waals surface area contributed by atoms with E-state index in [1.165, 1.54) is 11.1 Å². The number of nitrogens with two attached hydrogens (primary N) is 2. The number of rotatable bonds is 8. The summed E-state index contributed by atoms with van der Waals surface area (Å²) in [7, 11) is 1.69. The van der Waals surface area contributed by atoms with Crippen molar-refractivity contribution in [3.05, 3.63) is 77.0 Å².